The van der Waals surface area contributed by atoms with E-state index in [0.29, 0.717) is 11.1 Å². The molecule has 2 aromatic carbocycles. The van der Waals surface area contributed by atoms with Gasteiger partial charge in [0.15, 0.2) is 23.0 Å². The number of aromatic hydroxyl groups is 1. The van der Waals surface area contributed by atoms with Crippen molar-refractivity contribution in [2.75, 3.05) is 34.5 Å². The molecule has 2 aliphatic rings. The molecule has 40 heavy (non-hydrogen) atoms. The highest BCUT2D eigenvalue weighted by Crippen LogP contribution is 2.45. The van der Waals surface area contributed by atoms with Crippen LogP contribution in [0, 0.1) is 11.8 Å². The number of esters is 1. The summed E-state index contributed by atoms with van der Waals surface area (Å²) in [7, 11) is 4.10. The van der Waals surface area contributed by atoms with Gasteiger partial charge >= 0.3 is 5.97 Å². The number of carbonyl (C=O) groups excluding carboxylic acids is 1. The minimum absolute atomic E-state index is 0.0308. The molecule has 0 bridgehead atoms. The molecule has 2 heterocycles. The van der Waals surface area contributed by atoms with E-state index in [9.17, 15) is 35.4 Å². The normalized spacial score (nSPS) is 29.0. The van der Waals surface area contributed by atoms with Gasteiger partial charge in [-0.1, -0.05) is 6.07 Å². The van der Waals surface area contributed by atoms with Gasteiger partial charge in [0.1, 0.15) is 24.4 Å². The van der Waals surface area contributed by atoms with Crippen LogP contribution in [-0.4, -0.2) is 102 Å². The molecule has 0 spiro atoms. The highest BCUT2D eigenvalue weighted by Gasteiger charge is 2.46. The van der Waals surface area contributed by atoms with Crippen molar-refractivity contribution >= 4 is 5.97 Å². The minimum atomic E-state index is -1.67. The highest BCUT2D eigenvalue weighted by molar-refractivity contribution is 5.75. The summed E-state index contributed by atoms with van der Waals surface area (Å²) in [5.41, 5.74) is 1.03. The molecule has 6 N–H and O–H groups in total. The van der Waals surface area contributed by atoms with Gasteiger partial charge in [-0.15, -0.1) is 0 Å². The van der Waals surface area contributed by atoms with Gasteiger partial charge in [0, 0.05) is 5.92 Å². The zero-order valence-corrected chi connectivity index (χ0v) is 22.2. The topological polar surface area (TPSA) is 194 Å². The maximum atomic E-state index is 12.6. The summed E-state index contributed by atoms with van der Waals surface area (Å²) in [5, 5.41) is 61.2. The molecule has 0 aromatic heterocycles. The molecule has 0 aliphatic carbocycles. The van der Waals surface area contributed by atoms with Crippen molar-refractivity contribution in [3.63, 3.8) is 0 Å². The van der Waals surface area contributed by atoms with E-state index in [1.165, 1.54) is 39.5 Å². The summed E-state index contributed by atoms with van der Waals surface area (Å²) in [6, 6.07) is 7.67. The third kappa shape index (κ3) is 5.75. The Morgan fingerprint density at radius 1 is 0.950 bits per heavy atom. The largest absolute Gasteiger partial charge is 0.504 e. The summed E-state index contributed by atoms with van der Waals surface area (Å²) in [6.07, 6.45) is -8.54. The zero-order chi connectivity index (χ0) is 29.1. The van der Waals surface area contributed by atoms with Crippen LogP contribution in [0.1, 0.15) is 17.2 Å². The SMILES string of the molecule is COc1cc(C[C@@H]2C(=O)OC[C@H]2[C@@H](O)c2cc(OC)c(O[C@@H]3O[C@H](CO)[C@@H](O)[C@H](O)[C@H]3O)c(OC)c2)ccc1O. The summed E-state index contributed by atoms with van der Waals surface area (Å²) in [6.45, 7) is -0.669. The Kier molecular flexibility index (Phi) is 9.23. The Morgan fingerprint density at radius 3 is 2.20 bits per heavy atom. The van der Waals surface area contributed by atoms with E-state index < -0.39 is 61.2 Å². The lowest BCUT2D eigenvalue weighted by molar-refractivity contribution is -0.277. The van der Waals surface area contributed by atoms with Crippen LogP contribution in [0.2, 0.25) is 0 Å². The van der Waals surface area contributed by atoms with Gasteiger partial charge in [0.05, 0.1) is 46.6 Å². The zero-order valence-electron chi connectivity index (χ0n) is 22.2. The summed E-state index contributed by atoms with van der Waals surface area (Å²) < 4.78 is 32.5. The molecule has 13 heteroatoms. The van der Waals surface area contributed by atoms with E-state index in [2.05, 4.69) is 0 Å². The number of rotatable bonds is 10. The first kappa shape index (κ1) is 29.6. The minimum Gasteiger partial charge on any atom is -0.504 e. The van der Waals surface area contributed by atoms with Crippen molar-refractivity contribution in [2.45, 2.75) is 43.2 Å². The lowest BCUT2D eigenvalue weighted by Gasteiger charge is -2.39. The molecule has 4 rings (SSSR count). The first-order valence-electron chi connectivity index (χ1n) is 12.6. The second-order valence-electron chi connectivity index (χ2n) is 9.63. The molecule has 13 nitrogen and oxygen atoms in total. The van der Waals surface area contributed by atoms with Gasteiger partial charge < -0.3 is 59.1 Å². The number of benzene rings is 2. The Balaban J connectivity index is 1.59. The van der Waals surface area contributed by atoms with Crippen LogP contribution in [0.3, 0.4) is 0 Å². The highest BCUT2D eigenvalue weighted by atomic mass is 16.7. The van der Waals surface area contributed by atoms with E-state index in [4.69, 9.17) is 28.4 Å². The van der Waals surface area contributed by atoms with E-state index in [1.807, 2.05) is 0 Å². The molecule has 0 unspecified atom stereocenters. The molecular formula is C27H34O13. The van der Waals surface area contributed by atoms with Crippen LogP contribution in [0.15, 0.2) is 30.3 Å². The first-order chi connectivity index (χ1) is 19.1. The van der Waals surface area contributed by atoms with E-state index in [0.717, 1.165) is 0 Å². The number of hydrogen-bond acceptors (Lipinski definition) is 13. The van der Waals surface area contributed by atoms with Gasteiger partial charge in [-0.25, -0.2) is 0 Å². The van der Waals surface area contributed by atoms with Gasteiger partial charge in [-0.3, -0.25) is 4.79 Å². The van der Waals surface area contributed by atoms with Crippen LogP contribution in [0.25, 0.3) is 0 Å². The Morgan fingerprint density at radius 2 is 1.60 bits per heavy atom. The van der Waals surface area contributed by atoms with Crippen LogP contribution in [0.5, 0.6) is 28.7 Å². The lowest BCUT2D eigenvalue weighted by Crippen LogP contribution is -2.60. The second-order valence-corrected chi connectivity index (χ2v) is 9.63. The molecule has 0 radical (unpaired) electrons. The standard InChI is InChI=1S/C27H34O13/c1-35-17-7-12(4-5-16(17)29)6-14-15(11-38-26(14)34)21(30)13-8-18(36-2)25(19(9-13)37-3)40-27-24(33)23(32)22(31)20(10-28)39-27/h4-5,7-9,14-15,20-24,27-33H,6,10-11H2,1-3H3/t14-,15+,20+,21-,22+,23-,24+,27-/m0/s1. The van der Waals surface area contributed by atoms with Crippen molar-refractivity contribution in [3.05, 3.63) is 41.5 Å². The Labute approximate surface area is 230 Å². The molecule has 2 aliphatic heterocycles. The third-order valence-corrected chi connectivity index (χ3v) is 7.25. The predicted molar refractivity (Wildman–Crippen MR) is 135 cm³/mol. The molecule has 2 saturated heterocycles. The predicted octanol–water partition coefficient (Wildman–Crippen LogP) is -0.338. The maximum Gasteiger partial charge on any atom is 0.309 e. The quantitative estimate of drug-likeness (QED) is 0.205. The summed E-state index contributed by atoms with van der Waals surface area (Å²) in [5.74, 6) is -1.47. The average Bonchev–Trinajstić information content (AvgIpc) is 3.32. The fourth-order valence-electron chi connectivity index (χ4n) is 4.94. The van der Waals surface area contributed by atoms with Crippen LogP contribution < -0.4 is 18.9 Å². The Bertz CT molecular complexity index is 1160. The van der Waals surface area contributed by atoms with E-state index >= 15 is 0 Å². The number of aliphatic hydroxyl groups is 5. The fourth-order valence-corrected chi connectivity index (χ4v) is 4.94. The molecule has 8 atom stereocenters. The number of methoxy groups -OCH3 is 3. The average molecular weight is 567 g/mol. The monoisotopic (exact) mass is 566 g/mol. The van der Waals surface area contributed by atoms with Crippen LogP contribution in [-0.2, 0) is 20.7 Å². The third-order valence-electron chi connectivity index (χ3n) is 7.25. The number of cyclic esters (lactones) is 1. The van der Waals surface area contributed by atoms with E-state index in [-0.39, 0.29) is 41.8 Å². The van der Waals surface area contributed by atoms with Gasteiger partial charge in [0.2, 0.25) is 12.0 Å². The number of aliphatic hydroxyl groups excluding tert-OH is 5. The number of phenols is 1. The molecule has 0 amide bonds. The van der Waals surface area contributed by atoms with Gasteiger partial charge in [-0.2, -0.15) is 0 Å². The molecule has 220 valence electrons. The summed E-state index contributed by atoms with van der Waals surface area (Å²) in [4.78, 5) is 12.6. The number of phenolic OH excluding ortho intramolecular Hbond substituents is 1. The number of ether oxygens (including phenoxy) is 6. The summed E-state index contributed by atoms with van der Waals surface area (Å²) >= 11 is 0. The number of carbonyl (C=O) groups is 1. The lowest BCUT2D eigenvalue weighted by atomic mass is 9.83. The first-order valence-corrected chi connectivity index (χ1v) is 12.6. The Hall–Kier alpha value is -3.33. The van der Waals surface area contributed by atoms with Gasteiger partial charge in [-0.05, 0) is 41.8 Å². The van der Waals surface area contributed by atoms with Crippen molar-refractivity contribution < 1.29 is 63.9 Å². The fraction of sp³-hybridized carbons (Fsp3) is 0.519. The second kappa shape index (κ2) is 12.5. The maximum absolute atomic E-state index is 12.6. The van der Waals surface area contributed by atoms with Crippen LogP contribution >= 0.6 is 0 Å². The van der Waals surface area contributed by atoms with Gasteiger partial charge in [0.25, 0.3) is 0 Å². The van der Waals surface area contributed by atoms with E-state index in [1.54, 1.807) is 12.1 Å². The van der Waals surface area contributed by atoms with Crippen molar-refractivity contribution in [1.82, 2.24) is 0 Å². The van der Waals surface area contributed by atoms with Crippen molar-refractivity contribution in [3.8, 4) is 28.7 Å². The molecular weight excluding hydrogens is 532 g/mol. The molecule has 2 fully saturated rings. The van der Waals surface area contributed by atoms with Crippen molar-refractivity contribution in [2.24, 2.45) is 11.8 Å². The van der Waals surface area contributed by atoms with Crippen LogP contribution in [0.4, 0.5) is 0 Å². The number of hydrogen-bond donors (Lipinski definition) is 6. The van der Waals surface area contributed by atoms with Crippen molar-refractivity contribution in [1.29, 1.82) is 0 Å². The smallest absolute Gasteiger partial charge is 0.309 e. The molecule has 2 aromatic rings. The molecule has 0 saturated carbocycles.